The molecular formula is C11H15N3O3S. The van der Waals surface area contributed by atoms with Crippen LogP contribution >= 0.6 is 0 Å². The van der Waals surface area contributed by atoms with Crippen molar-refractivity contribution in [2.75, 3.05) is 6.54 Å². The molecule has 0 aliphatic heterocycles. The summed E-state index contributed by atoms with van der Waals surface area (Å²) in [6.07, 6.45) is 1.74. The fourth-order valence-corrected chi connectivity index (χ4v) is 2.35. The molecule has 0 saturated heterocycles. The molecule has 0 saturated carbocycles. The topological polar surface area (TPSA) is 103 Å². The summed E-state index contributed by atoms with van der Waals surface area (Å²) < 4.78 is 25.9. The van der Waals surface area contributed by atoms with Crippen LogP contribution in [0.5, 0.6) is 0 Å². The van der Waals surface area contributed by atoms with E-state index in [1.807, 2.05) is 6.92 Å². The van der Waals surface area contributed by atoms with Gasteiger partial charge in [0.05, 0.1) is 6.10 Å². The second-order valence-corrected chi connectivity index (χ2v) is 5.55. The number of rotatable bonds is 6. The lowest BCUT2D eigenvalue weighted by molar-refractivity contribution is 0.167. The zero-order chi connectivity index (χ0) is 13.6. The fraction of sp³-hybridized carbons (Fsp3) is 0.455. The van der Waals surface area contributed by atoms with E-state index in [0.717, 1.165) is 12.6 Å². The van der Waals surface area contributed by atoms with Crippen molar-refractivity contribution < 1.29 is 13.5 Å². The van der Waals surface area contributed by atoms with Gasteiger partial charge in [-0.25, -0.2) is 18.1 Å². The molecule has 1 unspecified atom stereocenters. The summed E-state index contributed by atoms with van der Waals surface area (Å²) in [5.74, 6) is 0. The quantitative estimate of drug-likeness (QED) is 0.777. The average Bonchev–Trinajstić information content (AvgIpc) is 2.37. The molecule has 1 aromatic rings. The molecular weight excluding hydrogens is 254 g/mol. The van der Waals surface area contributed by atoms with Gasteiger partial charge in [-0.05, 0) is 18.6 Å². The molecule has 1 rings (SSSR count). The Morgan fingerprint density at radius 1 is 1.56 bits per heavy atom. The molecule has 0 amide bonds. The summed E-state index contributed by atoms with van der Waals surface area (Å²) in [6, 6.07) is 4.44. The number of hydrogen-bond donors (Lipinski definition) is 2. The molecule has 0 radical (unpaired) electrons. The van der Waals surface area contributed by atoms with Gasteiger partial charge in [0, 0.05) is 12.7 Å². The van der Waals surface area contributed by atoms with Gasteiger partial charge in [-0.3, -0.25) is 0 Å². The molecule has 1 heterocycles. The van der Waals surface area contributed by atoms with Crippen LogP contribution in [0.4, 0.5) is 0 Å². The standard InChI is InChI=1S/C11H15N3O3S/c1-2-3-10(15)7-14-18(16,17)11-5-4-9(6-12)13-8-11/h4-5,8,10,14-15H,2-3,7H2,1H3. The molecule has 0 aromatic carbocycles. The van der Waals surface area contributed by atoms with E-state index in [1.165, 1.54) is 12.1 Å². The van der Waals surface area contributed by atoms with Gasteiger partial charge in [-0.2, -0.15) is 5.26 Å². The summed E-state index contributed by atoms with van der Waals surface area (Å²) in [5.41, 5.74) is 0.153. The van der Waals surface area contributed by atoms with Crippen molar-refractivity contribution in [1.29, 1.82) is 5.26 Å². The lowest BCUT2D eigenvalue weighted by Gasteiger charge is -2.11. The first-order valence-electron chi connectivity index (χ1n) is 5.53. The molecule has 1 atom stereocenters. The van der Waals surface area contributed by atoms with Gasteiger partial charge in [0.2, 0.25) is 10.0 Å². The highest BCUT2D eigenvalue weighted by atomic mass is 32.2. The zero-order valence-electron chi connectivity index (χ0n) is 10.00. The number of aliphatic hydroxyl groups excluding tert-OH is 1. The van der Waals surface area contributed by atoms with Crippen molar-refractivity contribution in [3.05, 3.63) is 24.0 Å². The Kier molecular flexibility index (Phi) is 5.22. The number of aromatic nitrogens is 1. The van der Waals surface area contributed by atoms with Crippen molar-refractivity contribution in [1.82, 2.24) is 9.71 Å². The molecule has 0 fully saturated rings. The van der Waals surface area contributed by atoms with E-state index in [2.05, 4.69) is 9.71 Å². The van der Waals surface area contributed by atoms with Crippen molar-refractivity contribution >= 4 is 10.0 Å². The maximum absolute atomic E-state index is 11.8. The van der Waals surface area contributed by atoms with Crippen LogP contribution in [0.2, 0.25) is 0 Å². The van der Waals surface area contributed by atoms with Crippen molar-refractivity contribution in [3.63, 3.8) is 0 Å². The molecule has 0 spiro atoms. The zero-order valence-corrected chi connectivity index (χ0v) is 10.8. The third kappa shape index (κ3) is 4.07. The fourth-order valence-electron chi connectivity index (χ4n) is 1.33. The van der Waals surface area contributed by atoms with E-state index < -0.39 is 16.1 Å². The second kappa shape index (κ2) is 6.44. The molecule has 18 heavy (non-hydrogen) atoms. The first-order chi connectivity index (χ1) is 8.49. The lowest BCUT2D eigenvalue weighted by atomic mass is 10.2. The number of sulfonamides is 1. The minimum Gasteiger partial charge on any atom is -0.392 e. The molecule has 6 nitrogen and oxygen atoms in total. The smallest absolute Gasteiger partial charge is 0.242 e. The highest BCUT2D eigenvalue weighted by Gasteiger charge is 2.15. The van der Waals surface area contributed by atoms with Crippen LogP contribution in [-0.4, -0.2) is 31.2 Å². The molecule has 7 heteroatoms. The van der Waals surface area contributed by atoms with Crippen LogP contribution in [0, 0.1) is 11.3 Å². The van der Waals surface area contributed by atoms with Crippen LogP contribution in [0.1, 0.15) is 25.5 Å². The Balaban J connectivity index is 2.71. The summed E-state index contributed by atoms with van der Waals surface area (Å²) in [4.78, 5) is 3.66. The normalized spacial score (nSPS) is 12.9. The van der Waals surface area contributed by atoms with Gasteiger partial charge >= 0.3 is 0 Å². The van der Waals surface area contributed by atoms with E-state index in [1.54, 1.807) is 6.07 Å². The van der Waals surface area contributed by atoms with Crippen LogP contribution in [-0.2, 0) is 10.0 Å². The second-order valence-electron chi connectivity index (χ2n) is 3.79. The Labute approximate surface area is 106 Å². The summed E-state index contributed by atoms with van der Waals surface area (Å²) >= 11 is 0. The van der Waals surface area contributed by atoms with Gasteiger partial charge in [0.1, 0.15) is 16.7 Å². The highest BCUT2D eigenvalue weighted by Crippen LogP contribution is 2.07. The van der Waals surface area contributed by atoms with E-state index in [-0.39, 0.29) is 17.1 Å². The van der Waals surface area contributed by atoms with Gasteiger partial charge in [0.25, 0.3) is 0 Å². The van der Waals surface area contributed by atoms with Gasteiger partial charge < -0.3 is 5.11 Å². The molecule has 98 valence electrons. The third-order valence-corrected chi connectivity index (χ3v) is 3.70. The molecule has 1 aromatic heterocycles. The number of hydrogen-bond acceptors (Lipinski definition) is 5. The number of pyridine rings is 1. The number of aliphatic hydroxyl groups is 1. The van der Waals surface area contributed by atoms with E-state index in [4.69, 9.17) is 5.26 Å². The Bertz CT molecular complexity index is 519. The number of nitrogens with zero attached hydrogens (tertiary/aromatic N) is 2. The number of nitrogens with one attached hydrogen (secondary N) is 1. The van der Waals surface area contributed by atoms with Crippen LogP contribution in [0.25, 0.3) is 0 Å². The van der Waals surface area contributed by atoms with Crippen LogP contribution in [0.3, 0.4) is 0 Å². The lowest BCUT2D eigenvalue weighted by Crippen LogP contribution is -2.32. The molecule has 0 bridgehead atoms. The SMILES string of the molecule is CCCC(O)CNS(=O)(=O)c1ccc(C#N)nc1. The minimum absolute atomic E-state index is 0.0230. The Morgan fingerprint density at radius 2 is 2.28 bits per heavy atom. The summed E-state index contributed by atoms with van der Waals surface area (Å²) in [5, 5.41) is 18.0. The summed E-state index contributed by atoms with van der Waals surface area (Å²) in [6.45, 7) is 1.87. The van der Waals surface area contributed by atoms with Gasteiger partial charge in [0.15, 0.2) is 0 Å². The summed E-state index contributed by atoms with van der Waals surface area (Å²) in [7, 11) is -3.68. The Morgan fingerprint density at radius 3 is 2.78 bits per heavy atom. The third-order valence-electron chi connectivity index (χ3n) is 2.29. The first-order valence-corrected chi connectivity index (χ1v) is 7.01. The van der Waals surface area contributed by atoms with E-state index >= 15 is 0 Å². The van der Waals surface area contributed by atoms with Gasteiger partial charge in [-0.1, -0.05) is 13.3 Å². The maximum atomic E-state index is 11.8. The predicted octanol–water partition coefficient (Wildman–Crippen LogP) is 0.393. The Hall–Kier alpha value is -1.49. The largest absolute Gasteiger partial charge is 0.392 e. The number of nitriles is 1. The molecule has 2 N–H and O–H groups in total. The molecule has 0 aliphatic rings. The van der Waals surface area contributed by atoms with Crippen molar-refractivity contribution in [2.45, 2.75) is 30.8 Å². The van der Waals surface area contributed by atoms with Crippen molar-refractivity contribution in [3.8, 4) is 6.07 Å². The maximum Gasteiger partial charge on any atom is 0.242 e. The highest BCUT2D eigenvalue weighted by molar-refractivity contribution is 7.89. The average molecular weight is 269 g/mol. The van der Waals surface area contributed by atoms with Gasteiger partial charge in [-0.15, -0.1) is 0 Å². The first kappa shape index (κ1) is 14.6. The van der Waals surface area contributed by atoms with Crippen molar-refractivity contribution in [2.24, 2.45) is 0 Å². The van der Waals surface area contributed by atoms with E-state index in [0.29, 0.717) is 6.42 Å². The van der Waals surface area contributed by atoms with Crippen LogP contribution < -0.4 is 4.72 Å². The molecule has 0 aliphatic carbocycles. The predicted molar refractivity (Wildman–Crippen MR) is 65.1 cm³/mol. The van der Waals surface area contributed by atoms with Crippen LogP contribution in [0.15, 0.2) is 23.2 Å². The minimum atomic E-state index is -3.68. The monoisotopic (exact) mass is 269 g/mol. The van der Waals surface area contributed by atoms with E-state index in [9.17, 15) is 13.5 Å².